The molecule has 2 amide bonds. The monoisotopic (exact) mass is 269 g/mol. The van der Waals surface area contributed by atoms with Gasteiger partial charge in [0.2, 0.25) is 5.91 Å². The Morgan fingerprint density at radius 3 is 2.53 bits per heavy atom. The Kier molecular flexibility index (Phi) is 5.11. The molecule has 3 atom stereocenters. The molecule has 0 spiro atoms. The lowest BCUT2D eigenvalue weighted by Gasteiger charge is -2.27. The number of imide groups is 1. The van der Waals surface area contributed by atoms with E-state index in [1.807, 2.05) is 13.8 Å². The number of aliphatic hydroxyl groups excluding tert-OH is 1. The second kappa shape index (κ2) is 6.19. The van der Waals surface area contributed by atoms with Crippen LogP contribution in [0.15, 0.2) is 11.6 Å². The minimum Gasteiger partial charge on any atom is -0.447 e. The maximum absolute atomic E-state index is 12.4. The van der Waals surface area contributed by atoms with Crippen LogP contribution in [0.5, 0.6) is 0 Å². The van der Waals surface area contributed by atoms with Crippen molar-refractivity contribution in [2.24, 2.45) is 11.8 Å². The number of nitrogens with zero attached hydrogens (tertiary/aromatic N) is 1. The first-order valence-electron chi connectivity index (χ1n) is 6.62. The van der Waals surface area contributed by atoms with Crippen LogP contribution in [0.25, 0.3) is 0 Å². The highest BCUT2D eigenvalue weighted by atomic mass is 16.6. The Hall–Kier alpha value is -1.36. The molecule has 0 saturated carbocycles. The van der Waals surface area contributed by atoms with Crippen LogP contribution in [-0.4, -0.2) is 40.8 Å². The van der Waals surface area contributed by atoms with Gasteiger partial charge in [0.05, 0.1) is 18.1 Å². The standard InChI is InChI=1S/C14H23NO4/c1-6-9(4)12(16)10(5)13(17)15-11(8(2)3)7-19-14(15)18/h6,8,10-12,16H,7H2,1-5H3/b9-6+/t10-,11+,12+/m0/s1. The lowest BCUT2D eigenvalue weighted by molar-refractivity contribution is -0.136. The highest BCUT2D eigenvalue weighted by molar-refractivity contribution is 5.95. The molecule has 1 aliphatic heterocycles. The third kappa shape index (κ3) is 3.15. The van der Waals surface area contributed by atoms with Crippen molar-refractivity contribution < 1.29 is 19.4 Å². The summed E-state index contributed by atoms with van der Waals surface area (Å²) in [5.41, 5.74) is 0.717. The fourth-order valence-corrected chi connectivity index (χ4v) is 2.10. The molecular formula is C14H23NO4. The molecule has 0 aromatic rings. The van der Waals surface area contributed by atoms with E-state index in [9.17, 15) is 14.7 Å². The highest BCUT2D eigenvalue weighted by Gasteiger charge is 2.42. The molecule has 19 heavy (non-hydrogen) atoms. The maximum Gasteiger partial charge on any atom is 0.416 e. The summed E-state index contributed by atoms with van der Waals surface area (Å²) in [6, 6.07) is -0.249. The van der Waals surface area contributed by atoms with Gasteiger partial charge in [-0.15, -0.1) is 0 Å². The first kappa shape index (κ1) is 15.7. The quantitative estimate of drug-likeness (QED) is 0.792. The van der Waals surface area contributed by atoms with Crippen LogP contribution in [0.3, 0.4) is 0 Å². The molecule has 0 aromatic carbocycles. The van der Waals surface area contributed by atoms with E-state index in [4.69, 9.17) is 4.74 Å². The molecule has 5 nitrogen and oxygen atoms in total. The number of carbonyl (C=O) groups excluding carboxylic acids is 2. The van der Waals surface area contributed by atoms with Crippen LogP contribution < -0.4 is 0 Å². The number of carbonyl (C=O) groups is 2. The summed E-state index contributed by atoms with van der Waals surface area (Å²) in [5, 5.41) is 10.1. The van der Waals surface area contributed by atoms with Gasteiger partial charge in [0.1, 0.15) is 6.61 Å². The summed E-state index contributed by atoms with van der Waals surface area (Å²) in [6.45, 7) is 9.29. The first-order chi connectivity index (χ1) is 8.81. The largest absolute Gasteiger partial charge is 0.447 e. The van der Waals surface area contributed by atoms with Gasteiger partial charge >= 0.3 is 6.09 Å². The van der Waals surface area contributed by atoms with Crippen molar-refractivity contribution in [3.05, 3.63) is 11.6 Å². The van der Waals surface area contributed by atoms with Crippen molar-refractivity contribution in [3.63, 3.8) is 0 Å². The van der Waals surface area contributed by atoms with Crippen molar-refractivity contribution in [2.45, 2.75) is 46.8 Å². The highest BCUT2D eigenvalue weighted by Crippen LogP contribution is 2.24. The Bertz CT molecular complexity index is 389. The third-order valence-corrected chi connectivity index (χ3v) is 3.70. The predicted octanol–water partition coefficient (Wildman–Crippen LogP) is 1.95. The van der Waals surface area contributed by atoms with E-state index in [0.717, 1.165) is 10.5 Å². The van der Waals surface area contributed by atoms with Crippen molar-refractivity contribution >= 4 is 12.0 Å². The molecule has 5 heteroatoms. The Labute approximate surface area is 114 Å². The number of rotatable bonds is 4. The van der Waals surface area contributed by atoms with Crippen molar-refractivity contribution in [1.29, 1.82) is 0 Å². The zero-order valence-electron chi connectivity index (χ0n) is 12.2. The number of amides is 2. The number of aliphatic hydroxyl groups is 1. The minimum atomic E-state index is -0.876. The van der Waals surface area contributed by atoms with E-state index in [1.54, 1.807) is 26.8 Å². The Balaban J connectivity index is 2.89. The van der Waals surface area contributed by atoms with Gasteiger partial charge in [0.25, 0.3) is 0 Å². The zero-order chi connectivity index (χ0) is 14.7. The SMILES string of the molecule is C/C=C(\C)[C@@H](O)[C@H](C)C(=O)N1C(=O)OC[C@@H]1C(C)C. The molecule has 1 heterocycles. The number of hydrogen-bond donors (Lipinski definition) is 1. The summed E-state index contributed by atoms with van der Waals surface area (Å²) in [7, 11) is 0. The van der Waals surface area contributed by atoms with Gasteiger partial charge in [0.15, 0.2) is 0 Å². The van der Waals surface area contributed by atoms with Gasteiger partial charge in [-0.2, -0.15) is 0 Å². The zero-order valence-corrected chi connectivity index (χ0v) is 12.2. The van der Waals surface area contributed by atoms with E-state index in [-0.39, 0.29) is 24.5 Å². The Morgan fingerprint density at radius 2 is 2.05 bits per heavy atom. The van der Waals surface area contributed by atoms with Crippen LogP contribution in [0.4, 0.5) is 4.79 Å². The average Bonchev–Trinajstić information content (AvgIpc) is 2.77. The van der Waals surface area contributed by atoms with Gasteiger partial charge in [-0.25, -0.2) is 9.69 Å². The second-order valence-electron chi connectivity index (χ2n) is 5.36. The number of ether oxygens (including phenoxy) is 1. The molecule has 1 fully saturated rings. The first-order valence-corrected chi connectivity index (χ1v) is 6.62. The molecule has 108 valence electrons. The van der Waals surface area contributed by atoms with Crippen molar-refractivity contribution in [2.75, 3.05) is 6.61 Å². The molecule has 0 radical (unpaired) electrons. The molecule has 1 aliphatic rings. The van der Waals surface area contributed by atoms with Crippen LogP contribution >= 0.6 is 0 Å². The molecule has 1 rings (SSSR count). The number of hydrogen-bond acceptors (Lipinski definition) is 4. The molecule has 0 unspecified atom stereocenters. The van der Waals surface area contributed by atoms with E-state index in [1.165, 1.54) is 0 Å². The number of cyclic esters (lactones) is 1. The van der Waals surface area contributed by atoms with E-state index >= 15 is 0 Å². The van der Waals surface area contributed by atoms with Crippen LogP contribution in [0.2, 0.25) is 0 Å². The Morgan fingerprint density at radius 1 is 1.47 bits per heavy atom. The summed E-state index contributed by atoms with van der Waals surface area (Å²) >= 11 is 0. The summed E-state index contributed by atoms with van der Waals surface area (Å²) in [4.78, 5) is 25.2. The van der Waals surface area contributed by atoms with Gasteiger partial charge < -0.3 is 9.84 Å². The van der Waals surface area contributed by atoms with Crippen LogP contribution in [0.1, 0.15) is 34.6 Å². The topological polar surface area (TPSA) is 66.8 Å². The maximum atomic E-state index is 12.4. The molecule has 1 saturated heterocycles. The van der Waals surface area contributed by atoms with Gasteiger partial charge in [0, 0.05) is 0 Å². The van der Waals surface area contributed by atoms with Crippen LogP contribution in [0, 0.1) is 11.8 Å². The fourth-order valence-electron chi connectivity index (χ4n) is 2.10. The summed E-state index contributed by atoms with van der Waals surface area (Å²) < 4.78 is 4.95. The molecular weight excluding hydrogens is 246 g/mol. The van der Waals surface area contributed by atoms with Gasteiger partial charge in [-0.3, -0.25) is 4.79 Å². The normalized spacial score (nSPS) is 23.5. The van der Waals surface area contributed by atoms with E-state index < -0.39 is 18.1 Å². The smallest absolute Gasteiger partial charge is 0.416 e. The van der Waals surface area contributed by atoms with Crippen molar-refractivity contribution in [1.82, 2.24) is 4.90 Å². The van der Waals surface area contributed by atoms with E-state index in [0.29, 0.717) is 0 Å². The lowest BCUT2D eigenvalue weighted by atomic mass is 9.95. The van der Waals surface area contributed by atoms with E-state index in [2.05, 4.69) is 0 Å². The van der Waals surface area contributed by atoms with Gasteiger partial charge in [-0.1, -0.05) is 26.8 Å². The molecule has 0 aromatic heterocycles. The second-order valence-corrected chi connectivity index (χ2v) is 5.36. The van der Waals surface area contributed by atoms with Crippen molar-refractivity contribution in [3.8, 4) is 0 Å². The predicted molar refractivity (Wildman–Crippen MR) is 71.4 cm³/mol. The molecule has 0 aliphatic carbocycles. The third-order valence-electron chi connectivity index (χ3n) is 3.70. The average molecular weight is 269 g/mol. The molecule has 0 bridgehead atoms. The summed E-state index contributed by atoms with van der Waals surface area (Å²) in [5.74, 6) is -0.916. The fraction of sp³-hybridized carbons (Fsp3) is 0.714. The molecule has 1 N–H and O–H groups in total. The van der Waals surface area contributed by atoms with Crippen LogP contribution in [-0.2, 0) is 9.53 Å². The lowest BCUT2D eigenvalue weighted by Crippen LogP contribution is -2.46. The number of allylic oxidation sites excluding steroid dienone is 1. The van der Waals surface area contributed by atoms with Gasteiger partial charge in [-0.05, 0) is 25.3 Å². The summed E-state index contributed by atoms with van der Waals surface area (Å²) in [6.07, 6.45) is 0.274. The minimum absolute atomic E-state index is 0.127.